The quantitative estimate of drug-likeness (QED) is 0.160. The fraction of sp³-hybridized carbons (Fsp3) is 0.0141. The van der Waals surface area contributed by atoms with Crippen LogP contribution in [0.4, 0.5) is 0 Å². The Bertz CT molecular complexity index is 4950. The van der Waals surface area contributed by atoms with Gasteiger partial charge in [0.2, 0.25) is 0 Å². The van der Waals surface area contributed by atoms with Gasteiger partial charge in [0.15, 0.2) is 5.82 Å². The number of hydrogen-bond acceptors (Lipinski definition) is 2. The monoisotopic (exact) mass is 982 g/mol. The largest absolute Gasteiger partial charge is 0.309 e. The molecule has 16 aromatic rings. The molecule has 0 spiro atoms. The minimum Gasteiger partial charge on any atom is -0.309 e. The highest BCUT2D eigenvalue weighted by atomic mass is 15.0. The van der Waals surface area contributed by atoms with Crippen LogP contribution in [0.25, 0.3) is 144 Å². The summed E-state index contributed by atoms with van der Waals surface area (Å²) in [7, 11) is 0. The SMILES string of the molecule is Cc1cc2c(c3ccccc3n2-c2ccccc2)c2c1c1cc(-n3c4ccccc4c4c3ccc3c5ccccc5n(-c5ccccc5)c34)cc(-c3cc(-c4ccccc4)nc(-c4ccccc4)n3)c1n2-c1ccccc1. The maximum Gasteiger partial charge on any atom is 0.160 e. The molecule has 6 nitrogen and oxygen atoms in total. The van der Waals surface area contributed by atoms with Gasteiger partial charge in [0.25, 0.3) is 0 Å². The third-order valence-corrected chi connectivity index (χ3v) is 15.8. The molecule has 0 bridgehead atoms. The van der Waals surface area contributed by atoms with Crippen LogP contribution in [0.2, 0.25) is 0 Å². The topological polar surface area (TPSA) is 45.5 Å². The van der Waals surface area contributed by atoms with Crippen molar-refractivity contribution >= 4 is 87.2 Å². The summed E-state index contributed by atoms with van der Waals surface area (Å²) in [5.74, 6) is 0.667. The normalized spacial score (nSPS) is 12.0. The van der Waals surface area contributed by atoms with Gasteiger partial charge >= 0.3 is 0 Å². The predicted molar refractivity (Wildman–Crippen MR) is 320 cm³/mol. The van der Waals surface area contributed by atoms with Gasteiger partial charge in [0.1, 0.15) is 0 Å². The molecular weight excluding hydrogens is 937 g/mol. The summed E-state index contributed by atoms with van der Waals surface area (Å²) in [6.07, 6.45) is 0. The van der Waals surface area contributed by atoms with Crippen LogP contribution in [0.1, 0.15) is 5.56 Å². The van der Waals surface area contributed by atoms with Crippen molar-refractivity contribution in [3.05, 3.63) is 266 Å². The molecule has 0 fully saturated rings. The molecular formula is C71H46N6. The number of para-hydroxylation sites is 6. The van der Waals surface area contributed by atoms with Crippen molar-refractivity contribution in [1.29, 1.82) is 0 Å². The van der Waals surface area contributed by atoms with Gasteiger partial charge in [-0.25, -0.2) is 9.97 Å². The number of hydrogen-bond donors (Lipinski definition) is 0. The second kappa shape index (κ2) is 16.9. The number of nitrogens with zero attached hydrogens (tertiary/aromatic N) is 6. The minimum atomic E-state index is 0.667. The van der Waals surface area contributed by atoms with Crippen molar-refractivity contribution in [1.82, 2.24) is 28.2 Å². The van der Waals surface area contributed by atoms with E-state index in [1.165, 1.54) is 54.3 Å². The maximum atomic E-state index is 5.65. The van der Waals surface area contributed by atoms with Gasteiger partial charge in [-0.3, -0.25) is 0 Å². The molecule has 77 heavy (non-hydrogen) atoms. The molecule has 0 saturated carbocycles. The van der Waals surface area contributed by atoms with Crippen LogP contribution < -0.4 is 0 Å². The average Bonchev–Trinajstić information content (AvgIpc) is 4.32. The summed E-state index contributed by atoms with van der Waals surface area (Å²) in [6, 6.07) is 94.2. The van der Waals surface area contributed by atoms with Crippen LogP contribution in [0.5, 0.6) is 0 Å². The van der Waals surface area contributed by atoms with E-state index in [0.29, 0.717) is 5.82 Å². The van der Waals surface area contributed by atoms with Crippen molar-refractivity contribution < 1.29 is 0 Å². The molecule has 0 N–H and O–H groups in total. The minimum absolute atomic E-state index is 0.667. The van der Waals surface area contributed by atoms with Crippen LogP contribution in [0.3, 0.4) is 0 Å². The molecule has 0 amide bonds. The van der Waals surface area contributed by atoms with Crippen molar-refractivity contribution in [2.24, 2.45) is 0 Å². The van der Waals surface area contributed by atoms with E-state index in [0.717, 1.165) is 89.3 Å². The van der Waals surface area contributed by atoms with Crippen molar-refractivity contribution in [2.75, 3.05) is 0 Å². The molecule has 5 aromatic heterocycles. The van der Waals surface area contributed by atoms with E-state index in [1.54, 1.807) is 0 Å². The standard InChI is InChI=1S/C71H46N6/c1-45-41-64-67(55-35-19-21-37-61(55)74(64)48-27-11-4-12-28-48)70-65(45)57-43-51(75-62-38-22-18-34-54(62)66-63(75)40-39-53-52-33-17-20-36-60(52)76(69(53)66)49-29-13-5-14-30-49)42-56(68(57)77(70)50-31-15-6-16-32-50)59-44-58(46-23-7-2-8-24-46)72-71(73-59)47-25-9-3-10-26-47/h2-44H,1H3. The van der Waals surface area contributed by atoms with E-state index in [1.807, 2.05) is 6.07 Å². The van der Waals surface area contributed by atoms with Crippen LogP contribution in [-0.2, 0) is 0 Å². The van der Waals surface area contributed by atoms with Gasteiger partial charge in [-0.15, -0.1) is 0 Å². The number of aromatic nitrogens is 6. The molecule has 360 valence electrons. The zero-order chi connectivity index (χ0) is 50.7. The molecule has 0 radical (unpaired) electrons. The Hall–Kier alpha value is -10.3. The molecule has 0 atom stereocenters. The van der Waals surface area contributed by atoms with E-state index in [2.05, 4.69) is 280 Å². The van der Waals surface area contributed by atoms with Gasteiger partial charge in [-0.05, 0) is 97.4 Å². The maximum absolute atomic E-state index is 5.65. The van der Waals surface area contributed by atoms with Crippen molar-refractivity contribution in [3.8, 4) is 56.7 Å². The second-order valence-corrected chi connectivity index (χ2v) is 20.2. The number of fused-ring (bicyclic) bond motifs is 14. The zero-order valence-corrected chi connectivity index (χ0v) is 42.0. The predicted octanol–water partition coefficient (Wildman–Crippen LogP) is 18.2. The fourth-order valence-corrected chi connectivity index (χ4v) is 12.7. The Morgan fingerprint density at radius 3 is 1.38 bits per heavy atom. The zero-order valence-electron chi connectivity index (χ0n) is 42.0. The fourth-order valence-electron chi connectivity index (χ4n) is 12.7. The lowest BCUT2D eigenvalue weighted by Gasteiger charge is -2.16. The van der Waals surface area contributed by atoms with E-state index < -0.39 is 0 Å². The Morgan fingerprint density at radius 2 is 0.753 bits per heavy atom. The molecule has 11 aromatic carbocycles. The highest BCUT2D eigenvalue weighted by Crippen LogP contribution is 2.49. The summed E-state index contributed by atoms with van der Waals surface area (Å²) in [5, 5.41) is 9.57. The highest BCUT2D eigenvalue weighted by Gasteiger charge is 2.28. The first kappa shape index (κ1) is 43.1. The Labute approximate surface area is 443 Å². The third kappa shape index (κ3) is 6.42. The van der Waals surface area contributed by atoms with Gasteiger partial charge in [0.05, 0.1) is 55.5 Å². The summed E-state index contributed by atoms with van der Waals surface area (Å²) < 4.78 is 9.93. The first-order valence-electron chi connectivity index (χ1n) is 26.3. The average molecular weight is 983 g/mol. The first-order chi connectivity index (χ1) is 38.2. The second-order valence-electron chi connectivity index (χ2n) is 20.2. The molecule has 6 heteroatoms. The van der Waals surface area contributed by atoms with Gasteiger partial charge < -0.3 is 18.3 Å². The summed E-state index contributed by atoms with van der Waals surface area (Å²) in [4.78, 5) is 11.0. The summed E-state index contributed by atoms with van der Waals surface area (Å²) >= 11 is 0. The van der Waals surface area contributed by atoms with Gasteiger partial charge in [0, 0.05) is 82.5 Å². The lowest BCUT2D eigenvalue weighted by atomic mass is 9.99. The Kier molecular flexibility index (Phi) is 9.45. The molecule has 0 aliphatic carbocycles. The van der Waals surface area contributed by atoms with Crippen LogP contribution in [-0.4, -0.2) is 28.2 Å². The summed E-state index contributed by atoms with van der Waals surface area (Å²) in [6.45, 7) is 2.29. The molecule has 0 aliphatic heterocycles. The Morgan fingerprint density at radius 1 is 0.273 bits per heavy atom. The van der Waals surface area contributed by atoms with Crippen molar-refractivity contribution in [3.63, 3.8) is 0 Å². The lowest BCUT2D eigenvalue weighted by Crippen LogP contribution is -2.01. The first-order valence-corrected chi connectivity index (χ1v) is 26.3. The Balaban J connectivity index is 1.11. The van der Waals surface area contributed by atoms with E-state index in [-0.39, 0.29) is 0 Å². The molecule has 16 rings (SSSR count). The van der Waals surface area contributed by atoms with Crippen molar-refractivity contribution in [2.45, 2.75) is 6.92 Å². The molecule has 0 unspecified atom stereocenters. The van der Waals surface area contributed by atoms with E-state index in [9.17, 15) is 0 Å². The highest BCUT2D eigenvalue weighted by molar-refractivity contribution is 6.30. The summed E-state index contributed by atoms with van der Waals surface area (Å²) in [5.41, 5.74) is 19.4. The smallest absolute Gasteiger partial charge is 0.160 e. The third-order valence-electron chi connectivity index (χ3n) is 15.8. The molecule has 0 aliphatic rings. The molecule has 5 heterocycles. The molecule has 0 saturated heterocycles. The van der Waals surface area contributed by atoms with E-state index in [4.69, 9.17) is 9.97 Å². The number of benzene rings is 11. The van der Waals surface area contributed by atoms with Crippen LogP contribution in [0.15, 0.2) is 261 Å². The number of aryl methyl sites for hydroxylation is 1. The number of rotatable bonds is 7. The lowest BCUT2D eigenvalue weighted by molar-refractivity contribution is 1.15. The van der Waals surface area contributed by atoms with Gasteiger partial charge in [-0.1, -0.05) is 176 Å². The van der Waals surface area contributed by atoms with E-state index >= 15 is 0 Å². The van der Waals surface area contributed by atoms with Crippen LogP contribution >= 0.6 is 0 Å². The van der Waals surface area contributed by atoms with Crippen LogP contribution in [0, 0.1) is 6.92 Å². The van der Waals surface area contributed by atoms with Gasteiger partial charge in [-0.2, -0.15) is 0 Å².